The molecule has 0 N–H and O–H groups in total. The van der Waals surface area contributed by atoms with Crippen molar-refractivity contribution in [2.45, 2.75) is 44.5 Å². The summed E-state index contributed by atoms with van der Waals surface area (Å²) in [5.74, 6) is 0.212. The monoisotopic (exact) mass is 341 g/mol. The molecule has 2 aliphatic heterocycles. The fraction of sp³-hybridized carbons (Fsp3) is 0.333. The van der Waals surface area contributed by atoms with E-state index in [-0.39, 0.29) is 5.75 Å². The SMILES string of the molecule is FC(F)Oc1ccc(C2=CC3CCC(C2)N3Cc2ccccc2)cc1. The molecular weight excluding hydrogens is 320 g/mol. The number of halogens is 2. The van der Waals surface area contributed by atoms with Crippen molar-refractivity contribution in [3.05, 3.63) is 71.8 Å². The van der Waals surface area contributed by atoms with Crippen LogP contribution in [0.2, 0.25) is 0 Å². The third kappa shape index (κ3) is 3.59. The third-order valence-corrected chi connectivity index (χ3v) is 5.20. The van der Waals surface area contributed by atoms with E-state index in [0.29, 0.717) is 12.1 Å². The van der Waals surface area contributed by atoms with Gasteiger partial charge in [-0.2, -0.15) is 8.78 Å². The Kier molecular flexibility index (Phi) is 4.53. The van der Waals surface area contributed by atoms with Gasteiger partial charge >= 0.3 is 6.61 Å². The predicted octanol–water partition coefficient (Wildman–Crippen LogP) is 5.11. The van der Waals surface area contributed by atoms with Crippen LogP contribution in [0.5, 0.6) is 5.75 Å². The van der Waals surface area contributed by atoms with Gasteiger partial charge in [0.1, 0.15) is 5.75 Å². The predicted molar refractivity (Wildman–Crippen MR) is 94.5 cm³/mol. The number of hydrogen-bond acceptors (Lipinski definition) is 2. The van der Waals surface area contributed by atoms with Gasteiger partial charge in [-0.05, 0) is 48.1 Å². The van der Waals surface area contributed by atoms with Crippen molar-refractivity contribution in [3.8, 4) is 5.75 Å². The first-order valence-corrected chi connectivity index (χ1v) is 8.74. The van der Waals surface area contributed by atoms with E-state index in [1.165, 1.54) is 24.0 Å². The number of fused-ring (bicyclic) bond motifs is 2. The molecular formula is C21H21F2NO. The van der Waals surface area contributed by atoms with Crippen molar-refractivity contribution in [2.75, 3.05) is 0 Å². The summed E-state index contributed by atoms with van der Waals surface area (Å²) in [6.07, 6.45) is 5.77. The number of benzene rings is 2. The first-order chi connectivity index (χ1) is 12.2. The Morgan fingerprint density at radius 3 is 2.44 bits per heavy atom. The topological polar surface area (TPSA) is 12.5 Å². The lowest BCUT2D eigenvalue weighted by Crippen LogP contribution is -2.37. The van der Waals surface area contributed by atoms with Crippen molar-refractivity contribution in [3.63, 3.8) is 0 Å². The van der Waals surface area contributed by atoms with E-state index in [2.05, 4.69) is 40.0 Å². The second-order valence-corrected chi connectivity index (χ2v) is 6.76. The molecule has 25 heavy (non-hydrogen) atoms. The molecule has 0 aromatic heterocycles. The van der Waals surface area contributed by atoms with Crippen LogP contribution < -0.4 is 4.74 Å². The molecule has 0 aliphatic carbocycles. The fourth-order valence-electron chi connectivity index (χ4n) is 4.02. The maximum absolute atomic E-state index is 12.3. The van der Waals surface area contributed by atoms with Crippen LogP contribution in [-0.4, -0.2) is 23.6 Å². The van der Waals surface area contributed by atoms with Crippen molar-refractivity contribution in [2.24, 2.45) is 0 Å². The Labute approximate surface area is 146 Å². The van der Waals surface area contributed by atoms with Gasteiger partial charge in [-0.15, -0.1) is 0 Å². The van der Waals surface area contributed by atoms with E-state index in [4.69, 9.17) is 0 Å². The summed E-state index contributed by atoms with van der Waals surface area (Å²) in [5, 5.41) is 0. The Morgan fingerprint density at radius 1 is 1.00 bits per heavy atom. The molecule has 2 aliphatic rings. The summed E-state index contributed by atoms with van der Waals surface area (Å²) in [6, 6.07) is 18.6. The molecule has 2 bridgehead atoms. The zero-order chi connectivity index (χ0) is 17.2. The molecule has 0 spiro atoms. The lowest BCUT2D eigenvalue weighted by molar-refractivity contribution is -0.0498. The van der Waals surface area contributed by atoms with E-state index >= 15 is 0 Å². The molecule has 2 aromatic rings. The Bertz CT molecular complexity index is 742. The van der Waals surface area contributed by atoms with E-state index < -0.39 is 6.61 Å². The molecule has 130 valence electrons. The molecule has 4 heteroatoms. The second-order valence-electron chi connectivity index (χ2n) is 6.76. The number of hydrogen-bond donors (Lipinski definition) is 0. The summed E-state index contributed by atoms with van der Waals surface area (Å²) in [5.41, 5.74) is 3.78. The van der Waals surface area contributed by atoms with E-state index in [9.17, 15) is 8.78 Å². The molecule has 1 saturated heterocycles. The van der Waals surface area contributed by atoms with Gasteiger partial charge in [0.15, 0.2) is 0 Å². The van der Waals surface area contributed by atoms with E-state index in [1.54, 1.807) is 12.1 Å². The van der Waals surface area contributed by atoms with Gasteiger partial charge in [0, 0.05) is 18.6 Å². The zero-order valence-electron chi connectivity index (χ0n) is 13.9. The minimum Gasteiger partial charge on any atom is -0.435 e. The summed E-state index contributed by atoms with van der Waals surface area (Å²) in [6.45, 7) is -1.79. The molecule has 2 unspecified atom stereocenters. The van der Waals surface area contributed by atoms with Gasteiger partial charge in [-0.25, -0.2) is 0 Å². The average Bonchev–Trinajstić information content (AvgIpc) is 2.84. The first-order valence-electron chi connectivity index (χ1n) is 8.74. The van der Waals surface area contributed by atoms with Crippen LogP contribution in [-0.2, 0) is 6.54 Å². The molecule has 0 saturated carbocycles. The van der Waals surface area contributed by atoms with Crippen molar-refractivity contribution in [1.29, 1.82) is 0 Å². The number of ether oxygens (including phenoxy) is 1. The van der Waals surface area contributed by atoms with Gasteiger partial charge in [-0.3, -0.25) is 4.90 Å². The van der Waals surface area contributed by atoms with Crippen molar-refractivity contribution in [1.82, 2.24) is 4.90 Å². The van der Waals surface area contributed by atoms with Gasteiger partial charge in [0.05, 0.1) is 0 Å². The summed E-state index contributed by atoms with van der Waals surface area (Å²) < 4.78 is 29.0. The first kappa shape index (κ1) is 16.3. The quantitative estimate of drug-likeness (QED) is 0.749. The molecule has 2 heterocycles. The van der Waals surface area contributed by atoms with Crippen LogP contribution in [0.15, 0.2) is 60.7 Å². The second kappa shape index (κ2) is 6.96. The summed E-state index contributed by atoms with van der Waals surface area (Å²) >= 11 is 0. The molecule has 2 atom stereocenters. The molecule has 4 rings (SSSR count). The average molecular weight is 341 g/mol. The number of alkyl halides is 2. The lowest BCUT2D eigenvalue weighted by Gasteiger charge is -2.34. The van der Waals surface area contributed by atoms with Crippen LogP contribution in [0.1, 0.15) is 30.4 Å². The largest absolute Gasteiger partial charge is 0.435 e. The minimum absolute atomic E-state index is 0.212. The van der Waals surface area contributed by atoms with Gasteiger partial charge < -0.3 is 4.74 Å². The van der Waals surface area contributed by atoms with E-state index in [1.807, 2.05) is 18.2 Å². The maximum Gasteiger partial charge on any atom is 0.387 e. The Hall–Kier alpha value is -2.20. The Morgan fingerprint density at radius 2 is 1.76 bits per heavy atom. The molecule has 0 amide bonds. The Balaban J connectivity index is 1.49. The van der Waals surface area contributed by atoms with Crippen LogP contribution in [0.4, 0.5) is 8.78 Å². The van der Waals surface area contributed by atoms with Gasteiger partial charge in [0.25, 0.3) is 0 Å². The fourth-order valence-corrected chi connectivity index (χ4v) is 4.02. The summed E-state index contributed by atoms with van der Waals surface area (Å²) in [7, 11) is 0. The number of nitrogens with zero attached hydrogens (tertiary/aromatic N) is 1. The third-order valence-electron chi connectivity index (χ3n) is 5.20. The highest BCUT2D eigenvalue weighted by Gasteiger charge is 2.36. The highest BCUT2D eigenvalue weighted by molar-refractivity contribution is 5.68. The van der Waals surface area contributed by atoms with Gasteiger partial charge in [0.2, 0.25) is 0 Å². The standard InChI is InChI=1S/C21H21F2NO/c22-21(23)25-20-10-6-16(7-11-20)17-12-18-8-9-19(13-17)24(18)14-15-4-2-1-3-5-15/h1-7,10-12,18-19,21H,8-9,13-14H2. The van der Waals surface area contributed by atoms with Crippen molar-refractivity contribution < 1.29 is 13.5 Å². The van der Waals surface area contributed by atoms with Crippen LogP contribution in [0.3, 0.4) is 0 Å². The van der Waals surface area contributed by atoms with Gasteiger partial charge in [-0.1, -0.05) is 48.5 Å². The maximum atomic E-state index is 12.3. The molecule has 1 fully saturated rings. The lowest BCUT2D eigenvalue weighted by atomic mass is 9.94. The number of rotatable bonds is 5. The molecule has 0 radical (unpaired) electrons. The van der Waals surface area contributed by atoms with Crippen LogP contribution >= 0.6 is 0 Å². The zero-order valence-corrected chi connectivity index (χ0v) is 13.9. The van der Waals surface area contributed by atoms with E-state index in [0.717, 1.165) is 18.5 Å². The summed E-state index contributed by atoms with van der Waals surface area (Å²) in [4.78, 5) is 2.59. The highest BCUT2D eigenvalue weighted by Crippen LogP contribution is 2.39. The molecule has 2 nitrogen and oxygen atoms in total. The minimum atomic E-state index is -2.78. The molecule has 2 aromatic carbocycles. The smallest absolute Gasteiger partial charge is 0.387 e. The highest BCUT2D eigenvalue weighted by atomic mass is 19.3. The van der Waals surface area contributed by atoms with Crippen LogP contribution in [0, 0.1) is 0 Å². The van der Waals surface area contributed by atoms with Crippen LogP contribution in [0.25, 0.3) is 5.57 Å². The normalized spacial score (nSPS) is 22.9. The van der Waals surface area contributed by atoms with Crippen molar-refractivity contribution >= 4 is 5.57 Å².